The van der Waals surface area contributed by atoms with E-state index in [2.05, 4.69) is 15.6 Å². The lowest BCUT2D eigenvalue weighted by Gasteiger charge is -2.12. The Labute approximate surface area is 158 Å². The fraction of sp³-hybridized carbons (Fsp3) is 0.188. The van der Waals surface area contributed by atoms with Crippen molar-refractivity contribution in [1.29, 1.82) is 0 Å². The van der Waals surface area contributed by atoms with E-state index < -0.39 is 37.6 Å². The number of nitrogens with one attached hydrogen (secondary N) is 3. The monoisotopic (exact) mass is 421 g/mol. The third-order valence-electron chi connectivity index (χ3n) is 3.32. The Bertz CT molecular complexity index is 906. The Balaban J connectivity index is 1.92. The summed E-state index contributed by atoms with van der Waals surface area (Å²) < 4.78 is 64.8. The van der Waals surface area contributed by atoms with Gasteiger partial charge in [-0.2, -0.15) is 13.2 Å². The van der Waals surface area contributed by atoms with Gasteiger partial charge in [0, 0.05) is 13.0 Å². The zero-order chi connectivity index (χ0) is 20.1. The standard InChI is InChI=1S/C16H15ClF3N3O3S/c17-14-7-6-12(10-13(14)16(18,19)20)27(25,26)21-9-8-15(24)23-22-11-4-2-1-3-5-11/h1-7,10,21-22H,8-9H2,(H,23,24). The number of alkyl halides is 3. The highest BCUT2D eigenvalue weighted by atomic mass is 35.5. The maximum absolute atomic E-state index is 12.8. The molecule has 0 aromatic heterocycles. The number of benzene rings is 2. The van der Waals surface area contributed by atoms with Crippen LogP contribution < -0.4 is 15.6 Å². The van der Waals surface area contributed by atoms with Crippen molar-refractivity contribution in [2.45, 2.75) is 17.5 Å². The third kappa shape index (κ3) is 6.12. The van der Waals surface area contributed by atoms with Crippen LogP contribution in [-0.2, 0) is 21.0 Å². The van der Waals surface area contributed by atoms with Crippen LogP contribution in [0.15, 0.2) is 53.4 Å². The fourth-order valence-corrected chi connectivity index (χ4v) is 3.28. The molecular formula is C16H15ClF3N3O3S. The number of halogens is 4. The van der Waals surface area contributed by atoms with Crippen LogP contribution in [0.4, 0.5) is 18.9 Å². The molecule has 3 N–H and O–H groups in total. The van der Waals surface area contributed by atoms with Crippen molar-refractivity contribution in [1.82, 2.24) is 10.1 Å². The molecule has 0 radical (unpaired) electrons. The van der Waals surface area contributed by atoms with Gasteiger partial charge in [0.15, 0.2) is 0 Å². The first-order valence-electron chi connectivity index (χ1n) is 7.56. The average molecular weight is 422 g/mol. The van der Waals surface area contributed by atoms with Gasteiger partial charge in [0.1, 0.15) is 0 Å². The van der Waals surface area contributed by atoms with Crippen LogP contribution >= 0.6 is 11.6 Å². The first-order chi connectivity index (χ1) is 12.6. The molecule has 0 aliphatic rings. The molecule has 0 unspecified atom stereocenters. The van der Waals surface area contributed by atoms with Crippen LogP contribution in [0.5, 0.6) is 0 Å². The Hall–Kier alpha value is -2.30. The highest BCUT2D eigenvalue weighted by Crippen LogP contribution is 2.35. The number of amides is 1. The van der Waals surface area contributed by atoms with Gasteiger partial charge in [0.25, 0.3) is 0 Å². The fourth-order valence-electron chi connectivity index (χ4n) is 2.00. The second kappa shape index (κ2) is 8.59. The number of carbonyl (C=O) groups excluding carboxylic acids is 1. The van der Waals surface area contributed by atoms with Crippen molar-refractivity contribution in [2.75, 3.05) is 12.0 Å². The molecule has 1 amide bonds. The number of anilines is 1. The first kappa shape index (κ1) is 21.0. The van der Waals surface area contributed by atoms with Gasteiger partial charge in [0.2, 0.25) is 15.9 Å². The van der Waals surface area contributed by atoms with Crippen molar-refractivity contribution in [2.24, 2.45) is 0 Å². The number of hydrogen-bond donors (Lipinski definition) is 3. The molecule has 0 atom stereocenters. The van der Waals surface area contributed by atoms with E-state index in [-0.39, 0.29) is 13.0 Å². The van der Waals surface area contributed by atoms with E-state index in [1.165, 1.54) is 0 Å². The lowest BCUT2D eigenvalue weighted by Crippen LogP contribution is -2.33. The quantitative estimate of drug-likeness (QED) is 0.599. The van der Waals surface area contributed by atoms with Crippen molar-refractivity contribution in [3.05, 3.63) is 59.1 Å². The van der Waals surface area contributed by atoms with Crippen LogP contribution in [-0.4, -0.2) is 20.9 Å². The molecule has 0 saturated carbocycles. The molecule has 0 saturated heterocycles. The Morgan fingerprint density at radius 2 is 1.74 bits per heavy atom. The minimum absolute atomic E-state index is 0.223. The summed E-state index contributed by atoms with van der Waals surface area (Å²) in [6, 6.07) is 11.0. The maximum atomic E-state index is 12.8. The van der Waals surface area contributed by atoms with Crippen molar-refractivity contribution in [3.8, 4) is 0 Å². The van der Waals surface area contributed by atoms with Crippen LogP contribution in [0.1, 0.15) is 12.0 Å². The summed E-state index contributed by atoms with van der Waals surface area (Å²) in [6.07, 6.45) is -5.01. The van der Waals surface area contributed by atoms with Gasteiger partial charge >= 0.3 is 6.18 Å². The van der Waals surface area contributed by atoms with Gasteiger partial charge in [-0.3, -0.25) is 15.6 Å². The number of para-hydroxylation sites is 1. The second-order valence-corrected chi connectivity index (χ2v) is 7.50. The molecule has 146 valence electrons. The Kier molecular flexibility index (Phi) is 6.68. The van der Waals surface area contributed by atoms with Crippen LogP contribution in [0.2, 0.25) is 5.02 Å². The lowest BCUT2D eigenvalue weighted by molar-refractivity contribution is -0.137. The number of hydrogen-bond acceptors (Lipinski definition) is 4. The molecule has 0 fully saturated rings. The van der Waals surface area contributed by atoms with E-state index in [0.29, 0.717) is 11.8 Å². The molecular weight excluding hydrogens is 407 g/mol. The maximum Gasteiger partial charge on any atom is 0.417 e. The summed E-state index contributed by atoms with van der Waals surface area (Å²) in [7, 11) is -4.23. The summed E-state index contributed by atoms with van der Waals surface area (Å²) in [5.41, 5.74) is 4.39. The summed E-state index contributed by atoms with van der Waals surface area (Å²) >= 11 is 5.47. The predicted octanol–water partition coefficient (Wildman–Crippen LogP) is 3.17. The summed E-state index contributed by atoms with van der Waals surface area (Å²) in [5, 5.41) is -0.604. The smallest absolute Gasteiger partial charge is 0.299 e. The first-order valence-corrected chi connectivity index (χ1v) is 9.42. The second-order valence-electron chi connectivity index (χ2n) is 5.33. The highest BCUT2D eigenvalue weighted by molar-refractivity contribution is 7.89. The zero-order valence-corrected chi connectivity index (χ0v) is 15.3. The normalized spacial score (nSPS) is 11.9. The molecule has 2 aromatic carbocycles. The zero-order valence-electron chi connectivity index (χ0n) is 13.7. The van der Waals surface area contributed by atoms with Crippen LogP contribution in [0, 0.1) is 0 Å². The third-order valence-corrected chi connectivity index (χ3v) is 5.11. The van der Waals surface area contributed by atoms with Gasteiger partial charge in [-0.1, -0.05) is 29.8 Å². The Morgan fingerprint density at radius 1 is 1.07 bits per heavy atom. The molecule has 0 aliphatic heterocycles. The van der Waals surface area contributed by atoms with Gasteiger partial charge < -0.3 is 0 Å². The van der Waals surface area contributed by atoms with E-state index in [9.17, 15) is 26.4 Å². The number of hydrazine groups is 1. The van der Waals surface area contributed by atoms with E-state index >= 15 is 0 Å². The molecule has 27 heavy (non-hydrogen) atoms. The van der Waals surface area contributed by atoms with E-state index in [1.807, 2.05) is 0 Å². The predicted molar refractivity (Wildman–Crippen MR) is 94.5 cm³/mol. The van der Waals surface area contributed by atoms with Gasteiger partial charge in [-0.25, -0.2) is 13.1 Å². The molecule has 6 nitrogen and oxygen atoms in total. The molecule has 0 aliphatic carbocycles. The molecule has 2 aromatic rings. The van der Waals surface area contributed by atoms with Gasteiger partial charge in [-0.05, 0) is 30.3 Å². The average Bonchev–Trinajstić information content (AvgIpc) is 2.60. The van der Waals surface area contributed by atoms with Crippen LogP contribution in [0.25, 0.3) is 0 Å². The summed E-state index contributed by atoms with van der Waals surface area (Å²) in [5.74, 6) is -0.506. The van der Waals surface area contributed by atoms with E-state index in [0.717, 1.165) is 12.1 Å². The lowest BCUT2D eigenvalue weighted by atomic mass is 10.2. The minimum atomic E-state index is -4.79. The van der Waals surface area contributed by atoms with Gasteiger partial charge in [-0.15, -0.1) is 0 Å². The van der Waals surface area contributed by atoms with E-state index in [1.54, 1.807) is 30.3 Å². The largest absolute Gasteiger partial charge is 0.417 e. The minimum Gasteiger partial charge on any atom is -0.299 e. The molecule has 0 spiro atoms. The topological polar surface area (TPSA) is 87.3 Å². The van der Waals surface area contributed by atoms with Gasteiger partial charge in [0.05, 0.1) is 21.2 Å². The Morgan fingerprint density at radius 3 is 2.37 bits per heavy atom. The SMILES string of the molecule is O=C(CCNS(=O)(=O)c1ccc(Cl)c(C(F)(F)F)c1)NNc1ccccc1. The molecule has 2 rings (SSSR count). The van der Waals surface area contributed by atoms with Crippen LogP contribution in [0.3, 0.4) is 0 Å². The van der Waals surface area contributed by atoms with E-state index in [4.69, 9.17) is 11.6 Å². The van der Waals surface area contributed by atoms with Crippen molar-refractivity contribution >= 4 is 33.2 Å². The molecule has 0 heterocycles. The summed E-state index contributed by atoms with van der Waals surface area (Å²) in [4.78, 5) is 11.1. The number of sulfonamides is 1. The number of rotatable bonds is 7. The number of carbonyl (C=O) groups is 1. The molecule has 0 bridgehead atoms. The highest BCUT2D eigenvalue weighted by Gasteiger charge is 2.34. The van der Waals surface area contributed by atoms with Crippen molar-refractivity contribution < 1.29 is 26.4 Å². The van der Waals surface area contributed by atoms with Crippen molar-refractivity contribution in [3.63, 3.8) is 0 Å². The summed E-state index contributed by atoms with van der Waals surface area (Å²) in [6.45, 7) is -0.297. The molecule has 11 heteroatoms.